The van der Waals surface area contributed by atoms with Crippen LogP contribution in [-0.2, 0) is 6.54 Å². The Hall–Kier alpha value is -1.55. The third-order valence-corrected chi connectivity index (χ3v) is 1.49. The normalized spacial score (nSPS) is 10.4. The van der Waals surface area contributed by atoms with Crippen molar-refractivity contribution >= 4 is 0 Å². The van der Waals surface area contributed by atoms with E-state index in [0.29, 0.717) is 18.2 Å². The predicted octanol–water partition coefficient (Wildman–Crippen LogP) is 1.39. The van der Waals surface area contributed by atoms with Gasteiger partial charge in [0.25, 0.3) is 5.89 Å². The molecule has 4 nitrogen and oxygen atoms in total. The van der Waals surface area contributed by atoms with Gasteiger partial charge >= 0.3 is 0 Å². The fourth-order valence-corrected chi connectivity index (χ4v) is 0.914. The summed E-state index contributed by atoms with van der Waals surface area (Å²) in [6, 6.07) is 3.56. The molecule has 0 aliphatic heterocycles. The van der Waals surface area contributed by atoms with Gasteiger partial charge in [-0.05, 0) is 12.1 Å². The zero-order valence-corrected chi connectivity index (χ0v) is 6.36. The molecular formula is C8H8N2O2. The van der Waals surface area contributed by atoms with E-state index in [0.717, 1.165) is 5.69 Å². The van der Waals surface area contributed by atoms with Gasteiger partial charge < -0.3 is 14.6 Å². The summed E-state index contributed by atoms with van der Waals surface area (Å²) in [4.78, 5) is 4.09. The second-order valence-electron chi connectivity index (χ2n) is 2.33. The molecule has 0 aromatic carbocycles. The number of rotatable bonds is 2. The number of nitrogens with two attached hydrogens (primary N) is 1. The molecule has 0 spiro atoms. The van der Waals surface area contributed by atoms with Crippen LogP contribution in [0.3, 0.4) is 0 Å². The number of oxazole rings is 1. The number of nitrogens with zero attached hydrogens (tertiary/aromatic N) is 1. The molecule has 62 valence electrons. The van der Waals surface area contributed by atoms with Gasteiger partial charge in [-0.2, -0.15) is 0 Å². The average molecular weight is 164 g/mol. The first kappa shape index (κ1) is 7.12. The van der Waals surface area contributed by atoms with E-state index in [-0.39, 0.29) is 0 Å². The van der Waals surface area contributed by atoms with Crippen LogP contribution in [0.1, 0.15) is 5.69 Å². The van der Waals surface area contributed by atoms with Gasteiger partial charge in [0.2, 0.25) is 0 Å². The lowest BCUT2D eigenvalue weighted by molar-refractivity contribution is 0.517. The van der Waals surface area contributed by atoms with Crippen LogP contribution in [0, 0.1) is 0 Å². The standard InChI is InChI=1S/C8H8N2O2/c9-4-6-5-12-8(10-6)7-2-1-3-11-7/h1-3,5H,4,9H2. The average Bonchev–Trinajstić information content (AvgIpc) is 2.75. The van der Waals surface area contributed by atoms with E-state index in [9.17, 15) is 0 Å². The Morgan fingerprint density at radius 1 is 1.42 bits per heavy atom. The van der Waals surface area contributed by atoms with E-state index in [1.807, 2.05) is 0 Å². The molecule has 0 unspecified atom stereocenters. The van der Waals surface area contributed by atoms with Crippen LogP contribution in [0.5, 0.6) is 0 Å². The fourth-order valence-electron chi connectivity index (χ4n) is 0.914. The summed E-state index contributed by atoms with van der Waals surface area (Å²) in [5.74, 6) is 1.09. The minimum Gasteiger partial charge on any atom is -0.459 e. The molecule has 0 aliphatic carbocycles. The number of furan rings is 1. The van der Waals surface area contributed by atoms with Gasteiger partial charge in [0.05, 0.1) is 12.0 Å². The van der Waals surface area contributed by atoms with Crippen molar-refractivity contribution in [1.82, 2.24) is 4.98 Å². The second-order valence-corrected chi connectivity index (χ2v) is 2.33. The van der Waals surface area contributed by atoms with Crippen molar-refractivity contribution in [2.75, 3.05) is 0 Å². The zero-order chi connectivity index (χ0) is 8.39. The number of aromatic nitrogens is 1. The highest BCUT2D eigenvalue weighted by Crippen LogP contribution is 2.18. The minimum atomic E-state index is 0.379. The Balaban J connectivity index is 2.35. The molecule has 2 heterocycles. The zero-order valence-electron chi connectivity index (χ0n) is 6.36. The van der Waals surface area contributed by atoms with Crippen molar-refractivity contribution in [2.24, 2.45) is 5.73 Å². The van der Waals surface area contributed by atoms with Crippen LogP contribution in [0.4, 0.5) is 0 Å². The molecule has 4 heteroatoms. The maximum atomic E-state index is 5.36. The quantitative estimate of drug-likeness (QED) is 0.728. The van der Waals surface area contributed by atoms with Crippen molar-refractivity contribution in [1.29, 1.82) is 0 Å². The molecule has 0 aliphatic rings. The van der Waals surface area contributed by atoms with E-state index in [2.05, 4.69) is 4.98 Å². The van der Waals surface area contributed by atoms with Crippen LogP contribution < -0.4 is 5.73 Å². The van der Waals surface area contributed by atoms with Crippen LogP contribution in [-0.4, -0.2) is 4.98 Å². The number of hydrogen-bond acceptors (Lipinski definition) is 4. The van der Waals surface area contributed by atoms with Crippen LogP contribution >= 0.6 is 0 Å². The summed E-state index contributed by atoms with van der Waals surface area (Å²) in [5, 5.41) is 0. The third-order valence-electron chi connectivity index (χ3n) is 1.49. The van der Waals surface area contributed by atoms with E-state index < -0.39 is 0 Å². The second kappa shape index (κ2) is 2.83. The summed E-state index contributed by atoms with van der Waals surface area (Å²) >= 11 is 0. The summed E-state index contributed by atoms with van der Waals surface area (Å²) < 4.78 is 10.2. The molecule has 2 rings (SSSR count). The Labute approximate surface area is 69.0 Å². The summed E-state index contributed by atoms with van der Waals surface area (Å²) in [6.45, 7) is 0.379. The molecule has 0 bridgehead atoms. The highest BCUT2D eigenvalue weighted by Gasteiger charge is 2.06. The van der Waals surface area contributed by atoms with Crippen molar-refractivity contribution in [3.8, 4) is 11.7 Å². The van der Waals surface area contributed by atoms with Gasteiger partial charge in [-0.25, -0.2) is 4.98 Å². The molecule has 0 fully saturated rings. The molecule has 12 heavy (non-hydrogen) atoms. The van der Waals surface area contributed by atoms with Gasteiger partial charge in [-0.3, -0.25) is 0 Å². The van der Waals surface area contributed by atoms with Crippen molar-refractivity contribution in [2.45, 2.75) is 6.54 Å². The van der Waals surface area contributed by atoms with Gasteiger partial charge in [-0.1, -0.05) is 0 Å². The molecule has 2 aromatic heterocycles. The summed E-state index contributed by atoms with van der Waals surface area (Å²) in [7, 11) is 0. The summed E-state index contributed by atoms with van der Waals surface area (Å²) in [5.41, 5.74) is 6.09. The van der Waals surface area contributed by atoms with Crippen molar-refractivity contribution in [3.05, 3.63) is 30.4 Å². The first-order valence-corrected chi connectivity index (χ1v) is 3.58. The van der Waals surface area contributed by atoms with E-state index >= 15 is 0 Å². The predicted molar refractivity (Wildman–Crippen MR) is 42.1 cm³/mol. The van der Waals surface area contributed by atoms with Gasteiger partial charge in [-0.15, -0.1) is 0 Å². The highest BCUT2D eigenvalue weighted by atomic mass is 16.4. The number of hydrogen-bond donors (Lipinski definition) is 1. The molecule has 2 aromatic rings. The van der Waals surface area contributed by atoms with E-state index in [1.54, 1.807) is 18.4 Å². The highest BCUT2D eigenvalue weighted by molar-refractivity contribution is 5.43. The Morgan fingerprint density at radius 3 is 2.92 bits per heavy atom. The molecule has 0 radical (unpaired) electrons. The lowest BCUT2D eigenvalue weighted by Crippen LogP contribution is -1.95. The first-order chi connectivity index (χ1) is 5.90. The monoisotopic (exact) mass is 164 g/mol. The topological polar surface area (TPSA) is 65.2 Å². The maximum absolute atomic E-state index is 5.36. The first-order valence-electron chi connectivity index (χ1n) is 3.58. The van der Waals surface area contributed by atoms with E-state index in [1.165, 1.54) is 6.26 Å². The van der Waals surface area contributed by atoms with Crippen molar-refractivity contribution in [3.63, 3.8) is 0 Å². The Morgan fingerprint density at radius 2 is 2.33 bits per heavy atom. The largest absolute Gasteiger partial charge is 0.459 e. The Bertz CT molecular complexity index is 351. The van der Waals surface area contributed by atoms with Gasteiger partial charge in [0.15, 0.2) is 5.76 Å². The van der Waals surface area contributed by atoms with Crippen molar-refractivity contribution < 1.29 is 8.83 Å². The third kappa shape index (κ3) is 1.12. The minimum absolute atomic E-state index is 0.379. The van der Waals surface area contributed by atoms with Crippen LogP contribution in [0.15, 0.2) is 33.5 Å². The van der Waals surface area contributed by atoms with Gasteiger partial charge in [0, 0.05) is 6.54 Å². The smallest absolute Gasteiger partial charge is 0.263 e. The Kier molecular flexibility index (Phi) is 1.68. The van der Waals surface area contributed by atoms with Crippen LogP contribution in [0.2, 0.25) is 0 Å². The molecule has 0 saturated heterocycles. The van der Waals surface area contributed by atoms with Crippen LogP contribution in [0.25, 0.3) is 11.7 Å². The molecule has 0 atom stereocenters. The molecule has 0 amide bonds. The lowest BCUT2D eigenvalue weighted by atomic mass is 10.4. The summed E-state index contributed by atoms with van der Waals surface area (Å²) in [6.07, 6.45) is 3.10. The lowest BCUT2D eigenvalue weighted by Gasteiger charge is -1.84. The van der Waals surface area contributed by atoms with E-state index in [4.69, 9.17) is 14.6 Å². The molecule has 0 saturated carbocycles. The molecular weight excluding hydrogens is 156 g/mol. The molecule has 2 N–H and O–H groups in total. The SMILES string of the molecule is NCc1coc(-c2ccco2)n1. The van der Waals surface area contributed by atoms with Gasteiger partial charge in [0.1, 0.15) is 6.26 Å². The fraction of sp³-hybridized carbons (Fsp3) is 0.125. The maximum Gasteiger partial charge on any atom is 0.263 e.